The number of carboxylic acids is 1. The third-order valence-corrected chi connectivity index (χ3v) is 9.45. The number of nitrogens with one attached hydrogen (secondary N) is 5. The van der Waals surface area contributed by atoms with Crippen molar-refractivity contribution in [3.63, 3.8) is 0 Å². The number of aliphatic hydroxyl groups excluding tert-OH is 2. The molecule has 0 aliphatic rings. The quantitative estimate of drug-likeness (QED) is 0.0490. The van der Waals surface area contributed by atoms with Crippen molar-refractivity contribution in [2.24, 2.45) is 5.84 Å². The van der Waals surface area contributed by atoms with Crippen molar-refractivity contribution in [1.29, 1.82) is 10.5 Å². The van der Waals surface area contributed by atoms with Crippen LogP contribution in [-0.2, 0) is 9.59 Å². The van der Waals surface area contributed by atoms with Gasteiger partial charge in [0, 0.05) is 21.2 Å². The molecule has 0 aliphatic carbocycles. The molecule has 3 amide bonds. The number of rotatable bonds is 10. The number of carboxylic acid groups (broad SMARTS) is 1. The molecule has 0 heterocycles. The Morgan fingerprint density at radius 2 is 0.982 bits per heavy atom. The van der Waals surface area contributed by atoms with Gasteiger partial charge in [-0.1, -0.05) is 69.6 Å². The van der Waals surface area contributed by atoms with Gasteiger partial charge in [0.05, 0.1) is 54.8 Å². The number of carbonyl (C=O) groups excluding carboxylic acids is 3. The van der Waals surface area contributed by atoms with E-state index in [1.54, 1.807) is 24.3 Å². The summed E-state index contributed by atoms with van der Waals surface area (Å²) in [6.45, 7) is 2.72. The van der Waals surface area contributed by atoms with E-state index >= 15 is 0 Å². The summed E-state index contributed by atoms with van der Waals surface area (Å²) in [6, 6.07) is 19.6. The average Bonchev–Trinajstić information content (AvgIpc) is 3.18. The normalized spacial score (nSPS) is 12.2. The van der Waals surface area contributed by atoms with E-state index in [0.29, 0.717) is 15.6 Å². The number of aliphatic carboxylic acids is 1. The molecule has 0 spiro atoms. The van der Waals surface area contributed by atoms with Gasteiger partial charge in [-0.3, -0.25) is 30.7 Å². The van der Waals surface area contributed by atoms with Gasteiger partial charge in [0.1, 0.15) is 18.2 Å². The number of benzene rings is 4. The number of hydrogen-bond acceptors (Lipinski definition) is 11. The summed E-state index contributed by atoms with van der Waals surface area (Å²) in [7, 11) is 0. The second kappa shape index (κ2) is 23.3. The summed E-state index contributed by atoms with van der Waals surface area (Å²) in [6.07, 6.45) is -2.26. The standard InChI is InChI=1S/C18H15Cl3N4O3.C11H10Cl2N2O3.C7H7ClN2O/c1-9(26)16(23-13-7-4-11(8-22)14(20)15(13)21)18(28)25-24-17(27)10-2-5-12(19)6-3-10;1-5(16)10(11(17)18)15-7-3-2-6(4-14)8(12)9(7)13;8-6-3-1-5(2-4-6)7(11)10-9/h2-7,9,16,23,26H,1H3,(H,24,27)(H,25,28);2-3,5,10,15-16H,1H3,(H,17,18);1-4H,9H2,(H,10,11)/t9-,16+;5-,10+;/m00./s1. The minimum absolute atomic E-state index is 0.0231. The number of nitriles is 2. The molecule has 0 saturated carbocycles. The number of hydrazine groups is 2. The van der Waals surface area contributed by atoms with E-state index in [9.17, 15) is 29.4 Å². The maximum Gasteiger partial charge on any atom is 0.328 e. The molecule has 0 aliphatic heterocycles. The molecular formula is C36H32Cl6N8O7. The molecule has 0 unspecified atom stereocenters. The van der Waals surface area contributed by atoms with E-state index in [2.05, 4.69) is 21.5 Å². The predicted molar refractivity (Wildman–Crippen MR) is 218 cm³/mol. The van der Waals surface area contributed by atoms with Crippen molar-refractivity contribution in [1.82, 2.24) is 16.3 Å². The van der Waals surface area contributed by atoms with Crippen LogP contribution in [0, 0.1) is 22.7 Å². The molecular weight excluding hydrogens is 869 g/mol. The number of nitrogen functional groups attached to an aromatic ring is 1. The van der Waals surface area contributed by atoms with Crippen molar-refractivity contribution in [3.8, 4) is 12.1 Å². The van der Waals surface area contributed by atoms with E-state index in [0.717, 1.165) is 0 Å². The average molecular weight is 901 g/mol. The Morgan fingerprint density at radius 1 is 0.596 bits per heavy atom. The molecule has 4 aromatic rings. The summed E-state index contributed by atoms with van der Waals surface area (Å²) < 4.78 is 0. The molecule has 10 N–H and O–H groups in total. The zero-order valence-electron chi connectivity index (χ0n) is 29.5. The monoisotopic (exact) mass is 898 g/mol. The molecule has 0 bridgehead atoms. The molecule has 4 atom stereocenters. The lowest BCUT2D eigenvalue weighted by Gasteiger charge is -2.23. The fourth-order valence-corrected chi connectivity index (χ4v) is 5.28. The van der Waals surface area contributed by atoms with Crippen LogP contribution in [0.2, 0.25) is 30.1 Å². The number of nitrogens with two attached hydrogens (primary N) is 1. The fourth-order valence-electron chi connectivity index (χ4n) is 4.18. The second-order valence-corrected chi connectivity index (χ2v) is 13.7. The molecule has 0 radical (unpaired) electrons. The summed E-state index contributed by atoms with van der Waals surface area (Å²) in [5.74, 6) is 2.10. The first-order valence-corrected chi connectivity index (χ1v) is 18.1. The predicted octanol–water partition coefficient (Wildman–Crippen LogP) is 6.20. The molecule has 4 rings (SSSR count). The van der Waals surface area contributed by atoms with Crippen molar-refractivity contribution in [3.05, 3.63) is 125 Å². The smallest absolute Gasteiger partial charge is 0.328 e. The van der Waals surface area contributed by atoms with Gasteiger partial charge < -0.3 is 26.0 Å². The Balaban J connectivity index is 0.000000329. The molecule has 0 fully saturated rings. The van der Waals surface area contributed by atoms with E-state index < -0.39 is 42.1 Å². The van der Waals surface area contributed by atoms with Crippen LogP contribution in [0.25, 0.3) is 0 Å². The van der Waals surface area contributed by atoms with Gasteiger partial charge in [-0.15, -0.1) is 0 Å². The number of aliphatic hydroxyl groups is 2. The van der Waals surface area contributed by atoms with Crippen LogP contribution < -0.4 is 32.8 Å². The van der Waals surface area contributed by atoms with E-state index in [1.165, 1.54) is 62.4 Å². The van der Waals surface area contributed by atoms with Gasteiger partial charge in [0.15, 0.2) is 6.04 Å². The number of amides is 3. The number of halogens is 6. The largest absolute Gasteiger partial charge is 0.480 e. The second-order valence-electron chi connectivity index (χ2n) is 11.3. The van der Waals surface area contributed by atoms with E-state index in [4.69, 9.17) is 91.1 Å². The Kier molecular flexibility index (Phi) is 19.6. The van der Waals surface area contributed by atoms with Gasteiger partial charge in [0.2, 0.25) is 0 Å². The van der Waals surface area contributed by atoms with E-state index in [-0.39, 0.29) is 54.1 Å². The minimum atomic E-state index is -1.22. The fraction of sp³-hybridized carbons (Fsp3) is 0.167. The van der Waals surface area contributed by atoms with Crippen molar-refractivity contribution in [2.45, 2.75) is 38.1 Å². The summed E-state index contributed by atoms with van der Waals surface area (Å²) in [4.78, 5) is 46.2. The first-order valence-electron chi connectivity index (χ1n) is 15.9. The third kappa shape index (κ3) is 14.4. The van der Waals surface area contributed by atoms with Gasteiger partial charge in [-0.2, -0.15) is 10.5 Å². The molecule has 4 aromatic carbocycles. The number of anilines is 2. The highest BCUT2D eigenvalue weighted by Gasteiger charge is 2.26. The van der Waals surface area contributed by atoms with Crippen molar-refractivity contribution in [2.75, 3.05) is 10.6 Å². The maximum atomic E-state index is 12.4. The Labute approximate surface area is 356 Å². The number of hydrogen-bond donors (Lipinski definition) is 9. The molecule has 57 heavy (non-hydrogen) atoms. The number of nitrogens with zero attached hydrogens (tertiary/aromatic N) is 2. The van der Waals surface area contributed by atoms with Crippen LogP contribution in [0.3, 0.4) is 0 Å². The molecule has 0 saturated heterocycles. The van der Waals surface area contributed by atoms with Crippen LogP contribution in [0.4, 0.5) is 11.4 Å². The zero-order chi connectivity index (χ0) is 43.0. The third-order valence-electron chi connectivity index (χ3n) is 7.18. The van der Waals surface area contributed by atoms with Gasteiger partial charge in [-0.25, -0.2) is 10.6 Å². The lowest BCUT2D eigenvalue weighted by atomic mass is 10.1. The first kappa shape index (κ1) is 48.1. The van der Waals surface area contributed by atoms with Crippen molar-refractivity contribution >= 4 is 105 Å². The SMILES string of the molecule is C[C@H](O)[C@@H](Nc1ccc(C#N)c(Cl)c1Cl)C(=O)NNC(=O)c1ccc(Cl)cc1.C[C@H](O)[C@@H](Nc1ccc(C#N)c(Cl)c1Cl)C(=O)O.NNC(=O)c1ccc(Cl)cc1. The number of carbonyl (C=O) groups is 4. The van der Waals surface area contributed by atoms with Crippen LogP contribution in [0.15, 0.2) is 72.8 Å². The lowest BCUT2D eigenvalue weighted by Crippen LogP contribution is -2.52. The molecule has 15 nitrogen and oxygen atoms in total. The minimum Gasteiger partial charge on any atom is -0.480 e. The van der Waals surface area contributed by atoms with Gasteiger partial charge in [-0.05, 0) is 86.6 Å². The topological polar surface area (TPSA) is 263 Å². The highest BCUT2D eigenvalue weighted by Crippen LogP contribution is 2.34. The Bertz CT molecular complexity index is 2150. The molecule has 300 valence electrons. The highest BCUT2D eigenvalue weighted by atomic mass is 35.5. The van der Waals surface area contributed by atoms with Crippen LogP contribution in [0.1, 0.15) is 45.7 Å². The Morgan fingerprint density at radius 3 is 1.33 bits per heavy atom. The lowest BCUT2D eigenvalue weighted by molar-refractivity contribution is -0.140. The summed E-state index contributed by atoms with van der Waals surface area (Å²) >= 11 is 35.2. The molecule has 21 heteroatoms. The first-order chi connectivity index (χ1) is 26.9. The molecule has 0 aromatic heterocycles. The van der Waals surface area contributed by atoms with Crippen LogP contribution in [0.5, 0.6) is 0 Å². The van der Waals surface area contributed by atoms with Gasteiger partial charge >= 0.3 is 5.97 Å². The highest BCUT2D eigenvalue weighted by molar-refractivity contribution is 6.45. The van der Waals surface area contributed by atoms with E-state index in [1.807, 2.05) is 17.6 Å². The van der Waals surface area contributed by atoms with Crippen LogP contribution in [-0.4, -0.2) is 63.3 Å². The summed E-state index contributed by atoms with van der Waals surface area (Å²) in [5, 5.41) is 52.4. The van der Waals surface area contributed by atoms with Gasteiger partial charge in [0.25, 0.3) is 17.7 Å². The Hall–Kier alpha value is -5.04. The van der Waals surface area contributed by atoms with Crippen molar-refractivity contribution < 1.29 is 34.5 Å². The van der Waals surface area contributed by atoms with Crippen LogP contribution >= 0.6 is 69.6 Å². The summed E-state index contributed by atoms with van der Waals surface area (Å²) in [5.41, 5.74) is 8.13. The zero-order valence-corrected chi connectivity index (χ0v) is 34.0. The maximum absolute atomic E-state index is 12.4.